The molecular formula is C16H13ClF2N2O4. The number of amides is 2. The van der Waals surface area contributed by atoms with Crippen molar-refractivity contribution >= 4 is 29.1 Å². The molecule has 0 aliphatic heterocycles. The molecule has 0 radical (unpaired) electrons. The second kappa shape index (κ2) is 8.29. The van der Waals surface area contributed by atoms with Gasteiger partial charge in [-0.05, 0) is 30.3 Å². The van der Waals surface area contributed by atoms with Gasteiger partial charge in [-0.1, -0.05) is 23.7 Å². The Hall–Kier alpha value is -2.87. The molecule has 0 aliphatic rings. The smallest absolute Gasteiger partial charge is 0.387 e. The third kappa shape index (κ3) is 5.32. The molecule has 0 bridgehead atoms. The highest BCUT2D eigenvalue weighted by Gasteiger charge is 2.12. The molecule has 0 heterocycles. The van der Waals surface area contributed by atoms with Crippen molar-refractivity contribution in [2.45, 2.75) is 6.61 Å². The van der Waals surface area contributed by atoms with Gasteiger partial charge in [0, 0.05) is 5.69 Å². The first-order valence-electron chi connectivity index (χ1n) is 6.92. The van der Waals surface area contributed by atoms with Crippen LogP contribution in [0.5, 0.6) is 11.5 Å². The molecular weight excluding hydrogens is 358 g/mol. The molecule has 2 rings (SSSR count). The van der Waals surface area contributed by atoms with E-state index in [-0.39, 0.29) is 27.8 Å². The average Bonchev–Trinajstić information content (AvgIpc) is 2.55. The van der Waals surface area contributed by atoms with Crippen molar-refractivity contribution in [2.24, 2.45) is 5.73 Å². The number of carbonyl (C=O) groups is 2. The molecule has 2 aromatic carbocycles. The van der Waals surface area contributed by atoms with E-state index in [1.54, 1.807) is 12.1 Å². The van der Waals surface area contributed by atoms with Gasteiger partial charge in [0.15, 0.2) is 6.61 Å². The van der Waals surface area contributed by atoms with Gasteiger partial charge in [-0.2, -0.15) is 8.78 Å². The normalized spacial score (nSPS) is 10.4. The van der Waals surface area contributed by atoms with Crippen LogP contribution in [0.2, 0.25) is 5.02 Å². The molecule has 0 fully saturated rings. The summed E-state index contributed by atoms with van der Waals surface area (Å²) in [6, 6.07) is 10.0. The van der Waals surface area contributed by atoms with Crippen LogP contribution in [-0.4, -0.2) is 25.0 Å². The average molecular weight is 371 g/mol. The lowest BCUT2D eigenvalue weighted by molar-refractivity contribution is -0.118. The lowest BCUT2D eigenvalue weighted by Crippen LogP contribution is -2.21. The van der Waals surface area contributed by atoms with E-state index < -0.39 is 25.0 Å². The third-order valence-corrected chi connectivity index (χ3v) is 3.24. The second-order valence-corrected chi connectivity index (χ2v) is 5.13. The van der Waals surface area contributed by atoms with E-state index in [1.165, 1.54) is 30.3 Å². The fraction of sp³-hybridized carbons (Fsp3) is 0.125. The van der Waals surface area contributed by atoms with E-state index in [0.717, 1.165) is 0 Å². The summed E-state index contributed by atoms with van der Waals surface area (Å²) in [6.45, 7) is -3.39. The molecule has 25 heavy (non-hydrogen) atoms. The molecule has 132 valence electrons. The number of nitrogens with one attached hydrogen (secondary N) is 1. The molecule has 0 unspecified atom stereocenters. The lowest BCUT2D eigenvalue weighted by atomic mass is 10.2. The highest BCUT2D eigenvalue weighted by molar-refractivity contribution is 6.32. The van der Waals surface area contributed by atoms with Gasteiger partial charge < -0.3 is 20.5 Å². The third-order valence-electron chi connectivity index (χ3n) is 2.94. The number of anilines is 1. The largest absolute Gasteiger partial charge is 0.483 e. The predicted octanol–water partition coefficient (Wildman–Crippen LogP) is 3.06. The second-order valence-electron chi connectivity index (χ2n) is 4.72. The number of hydrogen-bond acceptors (Lipinski definition) is 4. The van der Waals surface area contributed by atoms with Crippen LogP contribution in [0.25, 0.3) is 0 Å². The Morgan fingerprint density at radius 1 is 1.16 bits per heavy atom. The molecule has 0 atom stereocenters. The summed E-state index contributed by atoms with van der Waals surface area (Å²) in [5.41, 5.74) is 5.62. The Morgan fingerprint density at radius 3 is 2.52 bits per heavy atom. The van der Waals surface area contributed by atoms with Crippen molar-refractivity contribution in [1.29, 1.82) is 0 Å². The highest BCUT2D eigenvalue weighted by atomic mass is 35.5. The minimum absolute atomic E-state index is 0.0851. The summed E-state index contributed by atoms with van der Waals surface area (Å²) in [6.07, 6.45) is 0. The van der Waals surface area contributed by atoms with Crippen LogP contribution < -0.4 is 20.5 Å². The summed E-state index contributed by atoms with van der Waals surface area (Å²) >= 11 is 5.79. The Morgan fingerprint density at radius 2 is 1.88 bits per heavy atom. The van der Waals surface area contributed by atoms with Crippen LogP contribution in [-0.2, 0) is 4.79 Å². The van der Waals surface area contributed by atoms with Crippen molar-refractivity contribution in [1.82, 2.24) is 0 Å². The Labute approximate surface area is 146 Å². The van der Waals surface area contributed by atoms with Gasteiger partial charge >= 0.3 is 6.61 Å². The monoisotopic (exact) mass is 370 g/mol. The van der Waals surface area contributed by atoms with E-state index in [4.69, 9.17) is 22.1 Å². The number of carbonyl (C=O) groups excluding carboxylic acids is 2. The molecule has 2 aromatic rings. The van der Waals surface area contributed by atoms with E-state index in [9.17, 15) is 18.4 Å². The summed E-state index contributed by atoms with van der Waals surface area (Å²) < 4.78 is 33.8. The first-order chi connectivity index (χ1) is 11.9. The quantitative estimate of drug-likeness (QED) is 0.783. The zero-order valence-corrected chi connectivity index (χ0v) is 13.4. The standard InChI is InChI=1S/C16H13ClF2N2O4/c17-11-7-9(5-6-13(11)25-16(18)19)21-14(22)8-24-12-4-2-1-3-10(12)15(20)23/h1-7,16H,8H2,(H2,20,23)(H,21,22). The SMILES string of the molecule is NC(=O)c1ccccc1OCC(=O)Nc1ccc(OC(F)F)c(Cl)c1. The van der Waals surface area contributed by atoms with Crippen molar-refractivity contribution in [2.75, 3.05) is 11.9 Å². The maximum atomic E-state index is 12.2. The maximum absolute atomic E-state index is 12.2. The zero-order chi connectivity index (χ0) is 18.4. The van der Waals surface area contributed by atoms with Gasteiger partial charge in [0.1, 0.15) is 11.5 Å². The number of para-hydroxylation sites is 1. The Bertz CT molecular complexity index is 786. The van der Waals surface area contributed by atoms with Crippen LogP contribution in [0, 0.1) is 0 Å². The van der Waals surface area contributed by atoms with Gasteiger partial charge in [0.2, 0.25) is 0 Å². The molecule has 3 N–H and O–H groups in total. The van der Waals surface area contributed by atoms with E-state index >= 15 is 0 Å². The molecule has 0 saturated carbocycles. The zero-order valence-electron chi connectivity index (χ0n) is 12.7. The highest BCUT2D eigenvalue weighted by Crippen LogP contribution is 2.29. The molecule has 0 saturated heterocycles. The number of alkyl halides is 2. The van der Waals surface area contributed by atoms with Gasteiger partial charge in [-0.25, -0.2) is 0 Å². The van der Waals surface area contributed by atoms with Crippen molar-refractivity contribution < 1.29 is 27.8 Å². The molecule has 6 nitrogen and oxygen atoms in total. The molecule has 9 heteroatoms. The van der Waals surface area contributed by atoms with Gasteiger partial charge in [0.05, 0.1) is 10.6 Å². The predicted molar refractivity (Wildman–Crippen MR) is 87.2 cm³/mol. The number of ether oxygens (including phenoxy) is 2. The van der Waals surface area contributed by atoms with Gasteiger partial charge in [-0.3, -0.25) is 9.59 Å². The van der Waals surface area contributed by atoms with Crippen LogP contribution in [0.4, 0.5) is 14.5 Å². The first-order valence-corrected chi connectivity index (χ1v) is 7.30. The van der Waals surface area contributed by atoms with Crippen molar-refractivity contribution in [3.05, 3.63) is 53.1 Å². The van der Waals surface area contributed by atoms with Gasteiger partial charge in [-0.15, -0.1) is 0 Å². The van der Waals surface area contributed by atoms with Crippen LogP contribution in [0.1, 0.15) is 10.4 Å². The Kier molecular flexibility index (Phi) is 6.13. The molecule has 2 amide bonds. The number of halogens is 3. The lowest BCUT2D eigenvalue weighted by Gasteiger charge is -2.11. The number of benzene rings is 2. The minimum Gasteiger partial charge on any atom is -0.483 e. The summed E-state index contributed by atoms with van der Waals surface area (Å²) in [5, 5.41) is 2.39. The number of rotatable bonds is 7. The first kappa shape index (κ1) is 18.5. The van der Waals surface area contributed by atoms with E-state index in [1.807, 2.05) is 0 Å². The summed E-state index contributed by atoms with van der Waals surface area (Å²) in [4.78, 5) is 23.2. The minimum atomic E-state index is -3.00. The van der Waals surface area contributed by atoms with Crippen LogP contribution in [0.3, 0.4) is 0 Å². The van der Waals surface area contributed by atoms with Gasteiger partial charge in [0.25, 0.3) is 11.8 Å². The molecule has 0 aromatic heterocycles. The molecule has 0 aliphatic carbocycles. The number of primary amides is 1. The fourth-order valence-electron chi connectivity index (χ4n) is 1.91. The Balaban J connectivity index is 1.97. The van der Waals surface area contributed by atoms with Crippen molar-refractivity contribution in [3.63, 3.8) is 0 Å². The van der Waals surface area contributed by atoms with E-state index in [2.05, 4.69) is 10.1 Å². The summed E-state index contributed by atoms with van der Waals surface area (Å²) in [5.74, 6) is -1.26. The topological polar surface area (TPSA) is 90.7 Å². The summed E-state index contributed by atoms with van der Waals surface area (Å²) in [7, 11) is 0. The van der Waals surface area contributed by atoms with Crippen molar-refractivity contribution in [3.8, 4) is 11.5 Å². The maximum Gasteiger partial charge on any atom is 0.387 e. The fourth-order valence-corrected chi connectivity index (χ4v) is 2.13. The van der Waals surface area contributed by atoms with Crippen LogP contribution >= 0.6 is 11.6 Å². The molecule has 0 spiro atoms. The van der Waals surface area contributed by atoms with E-state index in [0.29, 0.717) is 0 Å². The number of nitrogens with two attached hydrogens (primary N) is 1. The number of hydrogen-bond donors (Lipinski definition) is 2. The van der Waals surface area contributed by atoms with Crippen LogP contribution in [0.15, 0.2) is 42.5 Å².